The van der Waals surface area contributed by atoms with Crippen molar-refractivity contribution in [3.05, 3.63) is 11.5 Å². The summed E-state index contributed by atoms with van der Waals surface area (Å²) in [6.07, 6.45) is 0.945. The summed E-state index contributed by atoms with van der Waals surface area (Å²) in [5, 5.41) is 7.48. The molecule has 0 spiro atoms. The van der Waals surface area contributed by atoms with Crippen LogP contribution < -0.4 is 0 Å². The van der Waals surface area contributed by atoms with E-state index in [0.29, 0.717) is 6.04 Å². The molecule has 12 heavy (non-hydrogen) atoms. The zero-order chi connectivity index (χ0) is 8.55. The van der Waals surface area contributed by atoms with Gasteiger partial charge in [0.25, 0.3) is 0 Å². The molecule has 0 amide bonds. The Kier molecular flexibility index (Phi) is 1.84. The Labute approximate surface area is 71.5 Å². The highest BCUT2D eigenvalue weighted by molar-refractivity contribution is 5.09. The van der Waals surface area contributed by atoms with E-state index >= 15 is 0 Å². The molecule has 1 aliphatic rings. The molecule has 0 aliphatic carbocycles. The van der Waals surface area contributed by atoms with Crippen LogP contribution in [0.3, 0.4) is 0 Å². The number of hydrogen-bond donors (Lipinski definition) is 0. The third-order valence-corrected chi connectivity index (χ3v) is 2.34. The Morgan fingerprint density at radius 2 is 2.33 bits per heavy atom. The zero-order valence-corrected chi connectivity index (χ0v) is 7.45. The van der Waals surface area contributed by atoms with Gasteiger partial charge in [-0.25, -0.2) is 0 Å². The van der Waals surface area contributed by atoms with Crippen molar-refractivity contribution in [2.75, 3.05) is 6.54 Å². The van der Waals surface area contributed by atoms with E-state index in [9.17, 15) is 0 Å². The van der Waals surface area contributed by atoms with Gasteiger partial charge in [-0.15, -0.1) is 5.10 Å². The molecule has 0 fully saturated rings. The Balaban J connectivity index is 2.15. The summed E-state index contributed by atoms with van der Waals surface area (Å²) < 4.78 is 5.00. The molecule has 0 radical (unpaired) electrons. The number of nitrogens with zero attached hydrogens (tertiary/aromatic N) is 3. The van der Waals surface area contributed by atoms with E-state index in [1.807, 2.05) is 0 Å². The average Bonchev–Trinajstić information content (AvgIpc) is 2.49. The van der Waals surface area contributed by atoms with Crippen LogP contribution >= 0.6 is 0 Å². The lowest BCUT2D eigenvalue weighted by Crippen LogP contribution is -2.35. The highest BCUT2D eigenvalue weighted by Gasteiger charge is 2.22. The molecule has 0 aromatic carbocycles. The highest BCUT2D eigenvalue weighted by Crippen LogP contribution is 2.17. The van der Waals surface area contributed by atoms with Gasteiger partial charge in [0.2, 0.25) is 0 Å². The molecule has 2 heterocycles. The molecule has 4 heteroatoms. The van der Waals surface area contributed by atoms with Crippen LogP contribution in [-0.2, 0) is 13.0 Å². The number of aromatic nitrogens is 2. The summed E-state index contributed by atoms with van der Waals surface area (Å²) in [7, 11) is 0. The Bertz CT molecular complexity index is 269. The molecule has 1 aromatic rings. The van der Waals surface area contributed by atoms with Crippen molar-refractivity contribution in [3.8, 4) is 0 Å². The van der Waals surface area contributed by atoms with Crippen LogP contribution in [0.25, 0.3) is 0 Å². The Hall–Kier alpha value is -0.900. The largest absolute Gasteiger partial charge is 0.342 e. The molecule has 1 aromatic heterocycles. The van der Waals surface area contributed by atoms with Crippen molar-refractivity contribution in [3.63, 3.8) is 0 Å². The summed E-state index contributed by atoms with van der Waals surface area (Å²) in [6, 6.07) is 0.579. The standard InChI is InChI=1S/C8H13N3O/c1-6(2)11-4-3-8-7(5-11)9-10-12-8/h6H,3-5H2,1-2H3. The molecule has 66 valence electrons. The summed E-state index contributed by atoms with van der Waals surface area (Å²) in [6.45, 7) is 6.33. The SMILES string of the molecule is CC(C)N1CCc2onnc2C1. The molecule has 0 saturated carbocycles. The normalized spacial score (nSPS) is 18.2. The first-order valence-corrected chi connectivity index (χ1v) is 4.31. The van der Waals surface area contributed by atoms with Gasteiger partial charge in [-0.3, -0.25) is 4.90 Å². The maximum atomic E-state index is 5.00. The minimum atomic E-state index is 0.579. The van der Waals surface area contributed by atoms with Gasteiger partial charge in [-0.2, -0.15) is 0 Å². The summed E-state index contributed by atoms with van der Waals surface area (Å²) in [5.74, 6) is 0.965. The second-order valence-corrected chi connectivity index (χ2v) is 3.46. The monoisotopic (exact) mass is 167 g/mol. The first kappa shape index (κ1) is 7.73. The summed E-state index contributed by atoms with van der Waals surface area (Å²) in [5.41, 5.74) is 1.01. The smallest absolute Gasteiger partial charge is 0.162 e. The molecule has 2 rings (SSSR count). The van der Waals surface area contributed by atoms with Crippen LogP contribution in [0.4, 0.5) is 0 Å². The Morgan fingerprint density at radius 1 is 1.50 bits per heavy atom. The van der Waals surface area contributed by atoms with E-state index in [2.05, 4.69) is 29.1 Å². The first-order valence-electron chi connectivity index (χ1n) is 4.31. The fraction of sp³-hybridized carbons (Fsp3) is 0.750. The minimum Gasteiger partial charge on any atom is -0.342 e. The molecule has 0 atom stereocenters. The molecule has 0 N–H and O–H groups in total. The second kappa shape index (κ2) is 2.86. The summed E-state index contributed by atoms with van der Waals surface area (Å²) >= 11 is 0. The van der Waals surface area contributed by atoms with E-state index in [0.717, 1.165) is 31.0 Å². The molecular weight excluding hydrogens is 154 g/mol. The van der Waals surface area contributed by atoms with E-state index < -0.39 is 0 Å². The second-order valence-electron chi connectivity index (χ2n) is 3.46. The fourth-order valence-corrected chi connectivity index (χ4v) is 1.49. The van der Waals surface area contributed by atoms with Gasteiger partial charge < -0.3 is 4.52 Å². The average molecular weight is 167 g/mol. The van der Waals surface area contributed by atoms with E-state index in [-0.39, 0.29) is 0 Å². The first-order chi connectivity index (χ1) is 5.77. The lowest BCUT2D eigenvalue weighted by molar-refractivity contribution is 0.191. The molecule has 4 nitrogen and oxygen atoms in total. The van der Waals surface area contributed by atoms with E-state index in [1.165, 1.54) is 0 Å². The topological polar surface area (TPSA) is 42.2 Å². The van der Waals surface area contributed by atoms with Crippen molar-refractivity contribution < 1.29 is 4.52 Å². The molecule has 0 saturated heterocycles. The molecule has 0 unspecified atom stereocenters. The van der Waals surface area contributed by atoms with Crippen LogP contribution in [0.5, 0.6) is 0 Å². The van der Waals surface area contributed by atoms with Crippen LogP contribution in [0, 0.1) is 0 Å². The van der Waals surface area contributed by atoms with E-state index in [1.54, 1.807) is 0 Å². The van der Waals surface area contributed by atoms with Gasteiger partial charge in [0.05, 0.1) is 0 Å². The number of fused-ring (bicyclic) bond motifs is 1. The number of hydrogen-bond acceptors (Lipinski definition) is 4. The lowest BCUT2D eigenvalue weighted by atomic mass is 10.1. The quantitative estimate of drug-likeness (QED) is 0.621. The van der Waals surface area contributed by atoms with Crippen molar-refractivity contribution in [2.45, 2.75) is 32.9 Å². The van der Waals surface area contributed by atoms with Crippen molar-refractivity contribution in [2.24, 2.45) is 0 Å². The van der Waals surface area contributed by atoms with Crippen LogP contribution in [0.1, 0.15) is 25.3 Å². The maximum Gasteiger partial charge on any atom is 0.162 e. The lowest BCUT2D eigenvalue weighted by Gasteiger charge is -2.27. The van der Waals surface area contributed by atoms with Crippen molar-refractivity contribution >= 4 is 0 Å². The van der Waals surface area contributed by atoms with E-state index in [4.69, 9.17) is 4.52 Å². The number of rotatable bonds is 1. The predicted molar refractivity (Wildman–Crippen MR) is 43.5 cm³/mol. The van der Waals surface area contributed by atoms with Crippen LogP contribution in [0.15, 0.2) is 4.52 Å². The van der Waals surface area contributed by atoms with Gasteiger partial charge in [-0.1, -0.05) is 0 Å². The Morgan fingerprint density at radius 3 is 3.08 bits per heavy atom. The fourth-order valence-electron chi connectivity index (χ4n) is 1.49. The van der Waals surface area contributed by atoms with Crippen molar-refractivity contribution in [1.29, 1.82) is 0 Å². The molecule has 1 aliphatic heterocycles. The summed E-state index contributed by atoms with van der Waals surface area (Å²) in [4.78, 5) is 2.37. The van der Waals surface area contributed by atoms with Gasteiger partial charge in [0.1, 0.15) is 5.69 Å². The third-order valence-electron chi connectivity index (χ3n) is 2.34. The van der Waals surface area contributed by atoms with Gasteiger partial charge in [0.15, 0.2) is 5.76 Å². The van der Waals surface area contributed by atoms with Gasteiger partial charge in [-0.05, 0) is 13.8 Å². The van der Waals surface area contributed by atoms with Crippen LogP contribution in [0.2, 0.25) is 0 Å². The van der Waals surface area contributed by atoms with Crippen molar-refractivity contribution in [1.82, 2.24) is 15.3 Å². The maximum absolute atomic E-state index is 5.00. The molecular formula is C8H13N3O. The molecule has 0 bridgehead atoms. The zero-order valence-electron chi connectivity index (χ0n) is 7.45. The van der Waals surface area contributed by atoms with Gasteiger partial charge in [0, 0.05) is 30.8 Å². The van der Waals surface area contributed by atoms with Crippen LogP contribution in [-0.4, -0.2) is 27.9 Å². The third kappa shape index (κ3) is 1.22. The van der Waals surface area contributed by atoms with Gasteiger partial charge >= 0.3 is 0 Å². The highest BCUT2D eigenvalue weighted by atomic mass is 16.5. The predicted octanol–water partition coefficient (Wildman–Crippen LogP) is 0.836. The minimum absolute atomic E-state index is 0.579.